The van der Waals surface area contributed by atoms with Gasteiger partial charge in [0.2, 0.25) is 0 Å². The van der Waals surface area contributed by atoms with Crippen LogP contribution in [0, 0.1) is 28.9 Å². The molecule has 0 amide bonds. The van der Waals surface area contributed by atoms with Gasteiger partial charge in [0.05, 0.1) is 29.3 Å². The monoisotopic (exact) mass is 437 g/mol. The molecule has 0 radical (unpaired) electrons. The van der Waals surface area contributed by atoms with Crippen LogP contribution in [0.3, 0.4) is 0 Å². The van der Waals surface area contributed by atoms with Crippen molar-refractivity contribution in [1.82, 2.24) is 9.97 Å². The first kappa shape index (κ1) is 21.9. The molecule has 1 N–H and O–H groups in total. The van der Waals surface area contributed by atoms with Crippen molar-refractivity contribution >= 4 is 22.7 Å². The third-order valence-corrected chi connectivity index (χ3v) is 5.81. The van der Waals surface area contributed by atoms with Crippen LogP contribution >= 0.6 is 0 Å². The van der Waals surface area contributed by atoms with Gasteiger partial charge in [-0.15, -0.1) is 0 Å². The predicted octanol–water partition coefficient (Wildman–Crippen LogP) is 4.30. The number of ether oxygens (including phenoxy) is 1. The van der Waals surface area contributed by atoms with Gasteiger partial charge < -0.3 is 15.0 Å². The number of hydrogen-bond acceptors (Lipinski definition) is 6. The van der Waals surface area contributed by atoms with E-state index in [1.807, 2.05) is 0 Å². The number of piperidine rings is 1. The Kier molecular flexibility index (Phi) is 6.76. The number of anilines is 2. The lowest BCUT2D eigenvalue weighted by Crippen LogP contribution is -2.35. The number of rotatable bonds is 7. The standard InChI is InChI=1S/C24H25F2N5O/c1-32-11-8-28-23-24(30-22-13-17(15-27)2-5-21(22)29-23)31-9-6-16(7-10-31)12-18-3-4-19(25)14-20(18)26/h2-5,13-14,16H,6-12H2,1H3,(H,28,29). The molecule has 1 saturated heterocycles. The van der Waals surface area contributed by atoms with Crippen LogP contribution in [-0.2, 0) is 11.2 Å². The van der Waals surface area contributed by atoms with Crippen LogP contribution in [0.4, 0.5) is 20.4 Å². The van der Waals surface area contributed by atoms with Crippen LogP contribution < -0.4 is 10.2 Å². The molecule has 4 rings (SSSR count). The summed E-state index contributed by atoms with van der Waals surface area (Å²) in [5.74, 6) is 0.710. The Morgan fingerprint density at radius 2 is 1.94 bits per heavy atom. The van der Waals surface area contributed by atoms with Crippen LogP contribution in [-0.4, -0.2) is 43.3 Å². The van der Waals surface area contributed by atoms with Crippen LogP contribution in [0.2, 0.25) is 0 Å². The summed E-state index contributed by atoms with van der Waals surface area (Å²) in [6.07, 6.45) is 2.33. The first-order valence-electron chi connectivity index (χ1n) is 10.7. The van der Waals surface area contributed by atoms with Crippen LogP contribution in [0.1, 0.15) is 24.0 Å². The fourth-order valence-corrected chi connectivity index (χ4v) is 4.07. The van der Waals surface area contributed by atoms with E-state index >= 15 is 0 Å². The minimum absolute atomic E-state index is 0.315. The fraction of sp³-hybridized carbons (Fsp3) is 0.375. The Labute approximate surface area is 185 Å². The zero-order valence-corrected chi connectivity index (χ0v) is 17.9. The summed E-state index contributed by atoms with van der Waals surface area (Å²) in [7, 11) is 1.65. The highest BCUT2D eigenvalue weighted by Gasteiger charge is 2.24. The van der Waals surface area contributed by atoms with Crippen molar-refractivity contribution in [2.45, 2.75) is 19.3 Å². The molecule has 2 heterocycles. The molecule has 1 aromatic heterocycles. The van der Waals surface area contributed by atoms with Gasteiger partial charge in [-0.3, -0.25) is 0 Å². The Morgan fingerprint density at radius 1 is 1.12 bits per heavy atom. The van der Waals surface area contributed by atoms with E-state index in [1.165, 1.54) is 12.1 Å². The molecule has 3 aromatic rings. The summed E-state index contributed by atoms with van der Waals surface area (Å²) in [5, 5.41) is 12.5. The number of nitrogens with zero attached hydrogens (tertiary/aromatic N) is 4. The van der Waals surface area contributed by atoms with Gasteiger partial charge in [0.25, 0.3) is 0 Å². The third-order valence-electron chi connectivity index (χ3n) is 5.81. The second kappa shape index (κ2) is 9.88. The number of halogens is 2. The molecule has 1 aliphatic heterocycles. The average molecular weight is 437 g/mol. The second-order valence-electron chi connectivity index (χ2n) is 8.00. The number of nitrogens with one attached hydrogen (secondary N) is 1. The Bertz CT molecular complexity index is 1140. The third kappa shape index (κ3) is 4.94. The van der Waals surface area contributed by atoms with Gasteiger partial charge in [-0.2, -0.15) is 5.26 Å². The lowest BCUT2D eigenvalue weighted by molar-refractivity contribution is 0.210. The summed E-state index contributed by atoms with van der Waals surface area (Å²) in [5.41, 5.74) is 2.49. The van der Waals surface area contributed by atoms with Crippen molar-refractivity contribution in [3.63, 3.8) is 0 Å². The minimum Gasteiger partial charge on any atom is -0.383 e. The maximum absolute atomic E-state index is 14.0. The Hall–Kier alpha value is -3.31. The van der Waals surface area contributed by atoms with Crippen molar-refractivity contribution in [1.29, 1.82) is 5.26 Å². The second-order valence-corrected chi connectivity index (χ2v) is 8.00. The molecule has 0 spiro atoms. The molecule has 0 bridgehead atoms. The van der Waals surface area contributed by atoms with E-state index in [0.29, 0.717) is 53.5 Å². The molecule has 32 heavy (non-hydrogen) atoms. The van der Waals surface area contributed by atoms with Crippen LogP contribution in [0.5, 0.6) is 0 Å². The van der Waals surface area contributed by atoms with Crippen LogP contribution in [0.15, 0.2) is 36.4 Å². The van der Waals surface area contributed by atoms with Crippen molar-refractivity contribution < 1.29 is 13.5 Å². The summed E-state index contributed by atoms with van der Waals surface area (Å²) in [6.45, 7) is 2.65. The zero-order chi connectivity index (χ0) is 22.5. The average Bonchev–Trinajstić information content (AvgIpc) is 2.81. The smallest absolute Gasteiger partial charge is 0.172 e. The summed E-state index contributed by atoms with van der Waals surface area (Å²) < 4.78 is 32.4. The van der Waals surface area contributed by atoms with Gasteiger partial charge in [0.1, 0.15) is 11.6 Å². The highest BCUT2D eigenvalue weighted by atomic mass is 19.1. The predicted molar refractivity (Wildman–Crippen MR) is 120 cm³/mol. The quantitative estimate of drug-likeness (QED) is 0.556. The number of benzene rings is 2. The molecule has 0 saturated carbocycles. The zero-order valence-electron chi connectivity index (χ0n) is 17.9. The number of fused-ring (bicyclic) bond motifs is 1. The molecule has 8 heteroatoms. The van der Waals surface area contributed by atoms with Gasteiger partial charge in [-0.1, -0.05) is 6.07 Å². The molecule has 2 aromatic carbocycles. The molecule has 166 valence electrons. The normalized spacial score (nSPS) is 14.5. The number of nitriles is 1. The molecule has 0 atom stereocenters. The van der Waals surface area contributed by atoms with Gasteiger partial charge >= 0.3 is 0 Å². The van der Waals surface area contributed by atoms with E-state index < -0.39 is 11.6 Å². The highest BCUT2D eigenvalue weighted by Crippen LogP contribution is 2.31. The largest absolute Gasteiger partial charge is 0.383 e. The maximum Gasteiger partial charge on any atom is 0.172 e. The molecule has 0 aliphatic carbocycles. The van der Waals surface area contributed by atoms with Gasteiger partial charge in [0.15, 0.2) is 11.6 Å². The number of aromatic nitrogens is 2. The molecule has 1 fully saturated rings. The van der Waals surface area contributed by atoms with E-state index in [-0.39, 0.29) is 0 Å². The van der Waals surface area contributed by atoms with Gasteiger partial charge in [0, 0.05) is 32.8 Å². The van der Waals surface area contributed by atoms with E-state index in [0.717, 1.165) is 37.8 Å². The van der Waals surface area contributed by atoms with Crippen molar-refractivity contribution in [3.8, 4) is 6.07 Å². The molecule has 0 unspecified atom stereocenters. The summed E-state index contributed by atoms with van der Waals surface area (Å²) in [6, 6.07) is 11.2. The number of hydrogen-bond donors (Lipinski definition) is 1. The molecule has 6 nitrogen and oxygen atoms in total. The Balaban J connectivity index is 1.52. The lowest BCUT2D eigenvalue weighted by atomic mass is 9.90. The minimum atomic E-state index is -0.552. The first-order chi connectivity index (χ1) is 15.6. The van der Waals surface area contributed by atoms with E-state index in [1.54, 1.807) is 25.3 Å². The van der Waals surface area contributed by atoms with Gasteiger partial charge in [-0.25, -0.2) is 18.7 Å². The SMILES string of the molecule is COCCNc1nc2ccc(C#N)cc2nc1N1CCC(Cc2ccc(F)cc2F)CC1. The van der Waals surface area contributed by atoms with E-state index in [9.17, 15) is 14.0 Å². The van der Waals surface area contributed by atoms with Crippen molar-refractivity contribution in [2.75, 3.05) is 43.6 Å². The van der Waals surface area contributed by atoms with E-state index in [4.69, 9.17) is 14.7 Å². The Morgan fingerprint density at radius 3 is 2.66 bits per heavy atom. The highest BCUT2D eigenvalue weighted by molar-refractivity contribution is 5.81. The molecule has 1 aliphatic rings. The fourth-order valence-electron chi connectivity index (χ4n) is 4.07. The first-order valence-corrected chi connectivity index (χ1v) is 10.7. The summed E-state index contributed by atoms with van der Waals surface area (Å²) in [4.78, 5) is 11.7. The van der Waals surface area contributed by atoms with E-state index in [2.05, 4.69) is 16.3 Å². The summed E-state index contributed by atoms with van der Waals surface area (Å²) >= 11 is 0. The lowest BCUT2D eigenvalue weighted by Gasteiger charge is -2.33. The topological polar surface area (TPSA) is 74.1 Å². The molecular formula is C24H25F2N5O. The van der Waals surface area contributed by atoms with Crippen LogP contribution in [0.25, 0.3) is 11.0 Å². The van der Waals surface area contributed by atoms with Crippen molar-refractivity contribution in [3.05, 3.63) is 59.2 Å². The number of methoxy groups -OCH3 is 1. The maximum atomic E-state index is 14.0. The van der Waals surface area contributed by atoms with Gasteiger partial charge in [-0.05, 0) is 55.0 Å². The van der Waals surface area contributed by atoms with Crippen molar-refractivity contribution in [2.24, 2.45) is 5.92 Å². The molecular weight excluding hydrogens is 412 g/mol.